The molecule has 0 saturated heterocycles. The molecule has 0 aromatic rings. The molecule has 0 heterocycles. The van der Waals surface area contributed by atoms with Gasteiger partial charge in [-0.15, -0.1) is 0 Å². The van der Waals surface area contributed by atoms with Crippen molar-refractivity contribution >= 4 is 17.7 Å². The van der Waals surface area contributed by atoms with Gasteiger partial charge in [-0.1, -0.05) is 12.8 Å². The number of nitrogens with two attached hydrogens (primary N) is 1. The van der Waals surface area contributed by atoms with Crippen molar-refractivity contribution in [1.82, 2.24) is 4.90 Å². The first-order chi connectivity index (χ1) is 7.70. The molecule has 2 atom stereocenters. The number of hydrogen-bond acceptors (Lipinski definition) is 3. The molecule has 2 N–H and O–H groups in total. The van der Waals surface area contributed by atoms with Crippen molar-refractivity contribution in [2.75, 3.05) is 25.6 Å². The summed E-state index contributed by atoms with van der Waals surface area (Å²) in [6.45, 7) is 0.713. The molecule has 0 spiro atoms. The van der Waals surface area contributed by atoms with Gasteiger partial charge in [0.2, 0.25) is 5.91 Å². The Morgan fingerprint density at radius 2 is 2.12 bits per heavy atom. The van der Waals surface area contributed by atoms with E-state index in [1.807, 2.05) is 18.2 Å². The third-order valence-electron chi connectivity index (χ3n) is 3.58. The van der Waals surface area contributed by atoms with Crippen LogP contribution in [-0.4, -0.2) is 42.4 Å². The summed E-state index contributed by atoms with van der Waals surface area (Å²) in [5.41, 5.74) is 5.79. The van der Waals surface area contributed by atoms with E-state index in [0.717, 1.165) is 12.2 Å². The van der Waals surface area contributed by atoms with Gasteiger partial charge in [0.15, 0.2) is 0 Å². The molecule has 0 aliphatic heterocycles. The summed E-state index contributed by atoms with van der Waals surface area (Å²) in [6, 6.07) is 0.383. The van der Waals surface area contributed by atoms with Crippen LogP contribution in [0.4, 0.5) is 0 Å². The van der Waals surface area contributed by atoms with Crippen LogP contribution in [0, 0.1) is 5.92 Å². The van der Waals surface area contributed by atoms with Crippen LogP contribution in [0.2, 0.25) is 0 Å². The van der Waals surface area contributed by atoms with E-state index >= 15 is 0 Å². The average Bonchev–Trinajstić information content (AvgIpc) is 2.34. The lowest BCUT2D eigenvalue weighted by molar-refractivity contribution is -0.133. The molecule has 1 fully saturated rings. The van der Waals surface area contributed by atoms with Gasteiger partial charge in [-0.2, -0.15) is 11.8 Å². The minimum absolute atomic E-state index is 0.277. The van der Waals surface area contributed by atoms with E-state index < -0.39 is 0 Å². The van der Waals surface area contributed by atoms with Gasteiger partial charge in [-0.3, -0.25) is 4.79 Å². The maximum atomic E-state index is 11.9. The number of nitrogens with zero attached hydrogens (tertiary/aromatic N) is 1. The molecule has 0 radical (unpaired) electrons. The van der Waals surface area contributed by atoms with Crippen LogP contribution in [0.1, 0.15) is 32.1 Å². The summed E-state index contributed by atoms with van der Waals surface area (Å²) < 4.78 is 0. The Hall–Kier alpha value is -0.220. The van der Waals surface area contributed by atoms with Gasteiger partial charge in [0.25, 0.3) is 0 Å². The van der Waals surface area contributed by atoms with Crippen LogP contribution in [0.5, 0.6) is 0 Å². The Bertz CT molecular complexity index is 223. The maximum absolute atomic E-state index is 11.9. The number of hydrogen-bond donors (Lipinski definition) is 1. The van der Waals surface area contributed by atoms with E-state index in [1.165, 1.54) is 19.3 Å². The minimum Gasteiger partial charge on any atom is -0.342 e. The smallest absolute Gasteiger partial charge is 0.223 e. The van der Waals surface area contributed by atoms with Crippen molar-refractivity contribution in [1.29, 1.82) is 0 Å². The van der Waals surface area contributed by atoms with Crippen LogP contribution in [0.15, 0.2) is 0 Å². The zero-order valence-corrected chi connectivity index (χ0v) is 11.3. The molecule has 94 valence electrons. The Morgan fingerprint density at radius 1 is 1.44 bits per heavy atom. The third-order valence-corrected chi connectivity index (χ3v) is 4.19. The van der Waals surface area contributed by atoms with Crippen molar-refractivity contribution in [3.63, 3.8) is 0 Å². The molecule has 3 nitrogen and oxygen atoms in total. The molecule has 1 saturated carbocycles. The normalized spacial score (nSPS) is 25.4. The summed E-state index contributed by atoms with van der Waals surface area (Å²) in [4.78, 5) is 13.9. The van der Waals surface area contributed by atoms with E-state index in [4.69, 9.17) is 5.73 Å². The van der Waals surface area contributed by atoms with Crippen molar-refractivity contribution < 1.29 is 4.79 Å². The topological polar surface area (TPSA) is 46.3 Å². The van der Waals surface area contributed by atoms with Crippen LogP contribution >= 0.6 is 11.8 Å². The van der Waals surface area contributed by atoms with Crippen molar-refractivity contribution in [2.45, 2.75) is 38.1 Å². The lowest BCUT2D eigenvalue weighted by Crippen LogP contribution is -2.46. The van der Waals surface area contributed by atoms with Gasteiger partial charge >= 0.3 is 0 Å². The summed E-state index contributed by atoms with van der Waals surface area (Å²) >= 11 is 1.73. The summed E-state index contributed by atoms with van der Waals surface area (Å²) in [6.07, 6.45) is 7.51. The van der Waals surface area contributed by atoms with Crippen LogP contribution < -0.4 is 5.73 Å². The predicted octanol–water partition coefficient (Wildman–Crippen LogP) is 1.72. The fourth-order valence-corrected chi connectivity index (χ4v) is 2.90. The summed E-state index contributed by atoms with van der Waals surface area (Å²) in [5.74, 6) is 1.71. The average molecular weight is 244 g/mol. The Morgan fingerprint density at radius 3 is 2.75 bits per heavy atom. The number of amides is 1. The van der Waals surface area contributed by atoms with Gasteiger partial charge in [0.05, 0.1) is 0 Å². The lowest BCUT2D eigenvalue weighted by Gasteiger charge is -2.37. The van der Waals surface area contributed by atoms with Crippen molar-refractivity contribution in [2.24, 2.45) is 11.7 Å². The molecular formula is C12H24N2OS. The fraction of sp³-hybridized carbons (Fsp3) is 0.917. The third kappa shape index (κ3) is 3.67. The molecule has 16 heavy (non-hydrogen) atoms. The first-order valence-corrected chi connectivity index (χ1v) is 7.54. The summed E-state index contributed by atoms with van der Waals surface area (Å²) in [5, 5.41) is 0. The molecular weight excluding hydrogens is 220 g/mol. The number of carbonyl (C=O) groups excluding carboxylic acids is 1. The Kier molecular flexibility index (Phi) is 6.21. The molecule has 2 unspecified atom stereocenters. The van der Waals surface area contributed by atoms with Crippen LogP contribution in [-0.2, 0) is 4.79 Å². The van der Waals surface area contributed by atoms with Gasteiger partial charge in [0, 0.05) is 25.3 Å². The zero-order valence-electron chi connectivity index (χ0n) is 10.4. The minimum atomic E-state index is 0.277. The highest BCUT2D eigenvalue weighted by Gasteiger charge is 2.29. The SMILES string of the molecule is CSCCC(=O)N(C)C1CCCCC1CN. The van der Waals surface area contributed by atoms with E-state index in [2.05, 4.69) is 0 Å². The van der Waals surface area contributed by atoms with Crippen LogP contribution in [0.3, 0.4) is 0 Å². The lowest BCUT2D eigenvalue weighted by atomic mass is 9.83. The van der Waals surface area contributed by atoms with E-state index in [0.29, 0.717) is 24.9 Å². The fourth-order valence-electron chi connectivity index (χ4n) is 2.52. The van der Waals surface area contributed by atoms with Gasteiger partial charge < -0.3 is 10.6 Å². The van der Waals surface area contributed by atoms with Crippen LogP contribution in [0.25, 0.3) is 0 Å². The number of thioether (sulfide) groups is 1. The standard InChI is InChI=1S/C12H24N2OS/c1-14(12(15)7-8-16-2)11-6-4-3-5-10(11)9-13/h10-11H,3-9,13H2,1-2H3. The molecule has 0 aromatic carbocycles. The molecule has 0 bridgehead atoms. The van der Waals surface area contributed by atoms with Crippen molar-refractivity contribution in [3.05, 3.63) is 0 Å². The molecule has 1 amide bonds. The first-order valence-electron chi connectivity index (χ1n) is 6.15. The highest BCUT2D eigenvalue weighted by atomic mass is 32.2. The van der Waals surface area contributed by atoms with E-state index in [-0.39, 0.29) is 5.91 Å². The second-order valence-electron chi connectivity index (χ2n) is 4.60. The molecule has 1 aliphatic rings. The van der Waals surface area contributed by atoms with E-state index in [9.17, 15) is 4.79 Å². The number of carbonyl (C=O) groups is 1. The first kappa shape index (κ1) is 13.8. The second-order valence-corrected chi connectivity index (χ2v) is 5.58. The molecule has 0 aromatic heterocycles. The highest BCUT2D eigenvalue weighted by molar-refractivity contribution is 7.98. The Labute approximate surface area is 103 Å². The largest absolute Gasteiger partial charge is 0.342 e. The highest BCUT2D eigenvalue weighted by Crippen LogP contribution is 2.27. The van der Waals surface area contributed by atoms with Gasteiger partial charge in [0.1, 0.15) is 0 Å². The monoisotopic (exact) mass is 244 g/mol. The van der Waals surface area contributed by atoms with Gasteiger partial charge in [-0.25, -0.2) is 0 Å². The second kappa shape index (κ2) is 7.17. The van der Waals surface area contributed by atoms with Crippen molar-refractivity contribution in [3.8, 4) is 0 Å². The summed E-state index contributed by atoms with van der Waals surface area (Å²) in [7, 11) is 1.95. The quantitative estimate of drug-likeness (QED) is 0.801. The molecule has 1 rings (SSSR count). The predicted molar refractivity (Wildman–Crippen MR) is 70.6 cm³/mol. The number of rotatable bonds is 5. The van der Waals surface area contributed by atoms with E-state index in [1.54, 1.807) is 11.8 Å². The maximum Gasteiger partial charge on any atom is 0.223 e. The molecule has 1 aliphatic carbocycles. The Balaban J connectivity index is 2.49. The molecule has 4 heteroatoms. The van der Waals surface area contributed by atoms with Gasteiger partial charge in [-0.05, 0) is 31.6 Å². The zero-order chi connectivity index (χ0) is 12.0.